The van der Waals surface area contributed by atoms with Crippen LogP contribution in [-0.4, -0.2) is 0 Å². The number of benzene rings is 1. The molecule has 0 amide bonds. The van der Waals surface area contributed by atoms with Crippen molar-refractivity contribution >= 4 is 11.3 Å². The third-order valence-electron chi connectivity index (χ3n) is 2.33. The van der Waals surface area contributed by atoms with Gasteiger partial charge in [-0.3, -0.25) is 5.32 Å². The van der Waals surface area contributed by atoms with E-state index in [1.165, 1.54) is 16.8 Å². The van der Waals surface area contributed by atoms with E-state index in [-0.39, 0.29) is 0 Å². The van der Waals surface area contributed by atoms with Gasteiger partial charge >= 0.3 is 0 Å². The molecule has 1 radical (unpaired) electrons. The van der Waals surface area contributed by atoms with Crippen LogP contribution in [0.5, 0.6) is 0 Å². The normalized spacial score (nSPS) is 14.5. The number of para-hydroxylation sites is 1. The predicted molar refractivity (Wildman–Crippen MR) is 51.1 cm³/mol. The summed E-state index contributed by atoms with van der Waals surface area (Å²) in [5, 5.41) is 4.53. The monoisotopic (exact) mass is 158 g/mol. The number of rotatable bonds is 1. The molecule has 0 atom stereocenters. The number of allylic oxidation sites excluding steroid dienone is 2. The fraction of sp³-hybridized carbons (Fsp3) is 0.273. The molecule has 0 N–H and O–H groups in total. The Morgan fingerprint density at radius 1 is 1.25 bits per heavy atom. The van der Waals surface area contributed by atoms with Crippen molar-refractivity contribution in [1.82, 2.24) is 5.32 Å². The second kappa shape index (κ2) is 2.67. The summed E-state index contributed by atoms with van der Waals surface area (Å²) in [6.45, 7) is 4.29. The van der Waals surface area contributed by atoms with Gasteiger partial charge in [0.1, 0.15) is 0 Å². The average Bonchev–Trinajstić information content (AvgIpc) is 2.44. The average molecular weight is 158 g/mol. The lowest BCUT2D eigenvalue weighted by Crippen LogP contribution is -1.90. The van der Waals surface area contributed by atoms with Crippen molar-refractivity contribution in [1.29, 1.82) is 0 Å². The molecule has 12 heavy (non-hydrogen) atoms. The zero-order valence-corrected chi connectivity index (χ0v) is 7.46. The van der Waals surface area contributed by atoms with Crippen molar-refractivity contribution < 1.29 is 0 Å². The maximum Gasteiger partial charge on any atom is 0.0708 e. The molecule has 0 spiro atoms. The molecule has 1 aromatic rings. The SMILES string of the molecule is CCC1=C(C)c2ccccc2[N]1. The Kier molecular flexibility index (Phi) is 1.65. The van der Waals surface area contributed by atoms with Gasteiger partial charge in [-0.25, -0.2) is 0 Å². The van der Waals surface area contributed by atoms with Crippen LogP contribution < -0.4 is 5.32 Å². The summed E-state index contributed by atoms with van der Waals surface area (Å²) in [5.41, 5.74) is 5.01. The van der Waals surface area contributed by atoms with Gasteiger partial charge in [0.25, 0.3) is 0 Å². The van der Waals surface area contributed by atoms with Crippen LogP contribution in [0.2, 0.25) is 0 Å². The summed E-state index contributed by atoms with van der Waals surface area (Å²) in [6, 6.07) is 8.31. The third kappa shape index (κ3) is 0.934. The van der Waals surface area contributed by atoms with Crippen molar-refractivity contribution in [2.24, 2.45) is 0 Å². The van der Waals surface area contributed by atoms with Crippen molar-refractivity contribution in [3.05, 3.63) is 35.5 Å². The molecule has 61 valence electrons. The van der Waals surface area contributed by atoms with Gasteiger partial charge in [0.15, 0.2) is 0 Å². The zero-order valence-electron chi connectivity index (χ0n) is 7.46. The van der Waals surface area contributed by atoms with Gasteiger partial charge in [-0.2, -0.15) is 0 Å². The van der Waals surface area contributed by atoms with Gasteiger partial charge in [0.2, 0.25) is 0 Å². The highest BCUT2D eigenvalue weighted by molar-refractivity contribution is 5.80. The van der Waals surface area contributed by atoms with Crippen LogP contribution in [0.25, 0.3) is 5.57 Å². The first-order chi connectivity index (χ1) is 5.83. The van der Waals surface area contributed by atoms with Crippen LogP contribution in [0.3, 0.4) is 0 Å². The van der Waals surface area contributed by atoms with Crippen LogP contribution in [0.4, 0.5) is 5.69 Å². The van der Waals surface area contributed by atoms with Crippen molar-refractivity contribution in [3.8, 4) is 0 Å². The molecule has 1 aromatic carbocycles. The Bertz CT molecular complexity index is 337. The molecular weight excluding hydrogens is 146 g/mol. The molecule has 1 nitrogen and oxygen atoms in total. The summed E-state index contributed by atoms with van der Waals surface area (Å²) in [6.07, 6.45) is 1.03. The van der Waals surface area contributed by atoms with E-state index in [9.17, 15) is 0 Å². The van der Waals surface area contributed by atoms with Crippen LogP contribution >= 0.6 is 0 Å². The molecule has 0 saturated heterocycles. The molecule has 0 bridgehead atoms. The van der Waals surface area contributed by atoms with Crippen molar-refractivity contribution in [2.75, 3.05) is 0 Å². The Labute approximate surface area is 73.1 Å². The first-order valence-corrected chi connectivity index (χ1v) is 4.34. The van der Waals surface area contributed by atoms with Gasteiger partial charge in [-0.15, -0.1) is 0 Å². The predicted octanol–water partition coefficient (Wildman–Crippen LogP) is 3.08. The van der Waals surface area contributed by atoms with Gasteiger partial charge in [0.05, 0.1) is 5.69 Å². The first-order valence-electron chi connectivity index (χ1n) is 4.34. The molecule has 1 aliphatic rings. The first kappa shape index (κ1) is 7.41. The zero-order chi connectivity index (χ0) is 8.55. The molecule has 1 heteroatoms. The highest BCUT2D eigenvalue weighted by Crippen LogP contribution is 2.34. The number of fused-ring (bicyclic) bond motifs is 1. The van der Waals surface area contributed by atoms with E-state index in [0.717, 1.165) is 12.1 Å². The maximum atomic E-state index is 4.53. The summed E-state index contributed by atoms with van der Waals surface area (Å²) < 4.78 is 0. The van der Waals surface area contributed by atoms with Crippen LogP contribution in [-0.2, 0) is 0 Å². The number of hydrogen-bond donors (Lipinski definition) is 0. The van der Waals surface area contributed by atoms with E-state index in [4.69, 9.17) is 0 Å². The maximum absolute atomic E-state index is 4.53. The number of nitrogens with zero attached hydrogens (tertiary/aromatic N) is 1. The summed E-state index contributed by atoms with van der Waals surface area (Å²) >= 11 is 0. The van der Waals surface area contributed by atoms with Crippen molar-refractivity contribution in [2.45, 2.75) is 20.3 Å². The summed E-state index contributed by atoms with van der Waals surface area (Å²) in [7, 11) is 0. The molecule has 2 rings (SSSR count). The van der Waals surface area contributed by atoms with Crippen LogP contribution in [0, 0.1) is 0 Å². The molecule has 0 saturated carbocycles. The van der Waals surface area contributed by atoms with E-state index in [2.05, 4.69) is 37.4 Å². The molecule has 0 fully saturated rings. The lowest BCUT2D eigenvalue weighted by molar-refractivity contribution is 0.964. The summed E-state index contributed by atoms with van der Waals surface area (Å²) in [4.78, 5) is 0. The van der Waals surface area contributed by atoms with Crippen LogP contribution in [0.15, 0.2) is 30.0 Å². The minimum absolute atomic E-state index is 1.03. The molecular formula is C11H12N. The fourth-order valence-electron chi connectivity index (χ4n) is 1.62. The Morgan fingerprint density at radius 2 is 2.00 bits per heavy atom. The standard InChI is InChI=1S/C11H12N/c1-3-10-8(2)9-6-4-5-7-11(9)12-10/h4-7H,3H2,1-2H3. The molecule has 0 unspecified atom stereocenters. The summed E-state index contributed by atoms with van der Waals surface area (Å²) in [5.74, 6) is 0. The van der Waals surface area contributed by atoms with Gasteiger partial charge < -0.3 is 0 Å². The van der Waals surface area contributed by atoms with E-state index in [0.29, 0.717) is 0 Å². The topological polar surface area (TPSA) is 14.1 Å². The highest BCUT2D eigenvalue weighted by Gasteiger charge is 2.16. The number of hydrogen-bond acceptors (Lipinski definition) is 0. The minimum Gasteiger partial charge on any atom is -0.253 e. The minimum atomic E-state index is 1.03. The molecule has 1 heterocycles. The smallest absolute Gasteiger partial charge is 0.0708 e. The van der Waals surface area contributed by atoms with E-state index < -0.39 is 0 Å². The molecule has 0 aliphatic carbocycles. The van der Waals surface area contributed by atoms with E-state index in [1.807, 2.05) is 6.07 Å². The van der Waals surface area contributed by atoms with Gasteiger partial charge in [-0.1, -0.05) is 25.1 Å². The Morgan fingerprint density at radius 3 is 2.67 bits per heavy atom. The molecule has 1 aliphatic heterocycles. The largest absolute Gasteiger partial charge is 0.253 e. The highest BCUT2D eigenvalue weighted by atomic mass is 14.9. The van der Waals surface area contributed by atoms with Gasteiger partial charge in [0, 0.05) is 11.3 Å². The second-order valence-corrected chi connectivity index (χ2v) is 3.05. The third-order valence-corrected chi connectivity index (χ3v) is 2.33. The Hall–Kier alpha value is -1.24. The molecule has 0 aromatic heterocycles. The Balaban J connectivity index is 2.50. The lowest BCUT2D eigenvalue weighted by atomic mass is 10.1. The van der Waals surface area contributed by atoms with Crippen LogP contribution in [0.1, 0.15) is 25.8 Å². The second-order valence-electron chi connectivity index (χ2n) is 3.05. The van der Waals surface area contributed by atoms with E-state index >= 15 is 0 Å². The van der Waals surface area contributed by atoms with E-state index in [1.54, 1.807) is 0 Å². The quantitative estimate of drug-likeness (QED) is 0.596. The van der Waals surface area contributed by atoms with Gasteiger partial charge in [-0.05, 0) is 25.0 Å². The fourth-order valence-corrected chi connectivity index (χ4v) is 1.62. The lowest BCUT2D eigenvalue weighted by Gasteiger charge is -1.96. The van der Waals surface area contributed by atoms with Crippen molar-refractivity contribution in [3.63, 3.8) is 0 Å².